The SMILES string of the molecule is C[C@@H](NC(=O)[C@@H]1CCCN(C(=O)N2CCCC2)C1)c1ccc(Cl)cc1. The Morgan fingerprint density at radius 3 is 2.40 bits per heavy atom. The minimum absolute atomic E-state index is 0.0290. The van der Waals surface area contributed by atoms with Crippen molar-refractivity contribution in [3.05, 3.63) is 34.9 Å². The number of piperidine rings is 1. The molecule has 1 aromatic carbocycles. The van der Waals surface area contributed by atoms with Gasteiger partial charge in [0.15, 0.2) is 0 Å². The molecular formula is C19H26ClN3O2. The average Bonchev–Trinajstić information content (AvgIpc) is 3.16. The maximum absolute atomic E-state index is 12.6. The molecule has 3 amide bonds. The molecule has 2 atom stereocenters. The summed E-state index contributed by atoms with van der Waals surface area (Å²) in [7, 11) is 0. The van der Waals surface area contributed by atoms with Crippen molar-refractivity contribution in [3.8, 4) is 0 Å². The van der Waals surface area contributed by atoms with Crippen LogP contribution in [0.5, 0.6) is 0 Å². The van der Waals surface area contributed by atoms with Crippen molar-refractivity contribution in [1.29, 1.82) is 0 Å². The summed E-state index contributed by atoms with van der Waals surface area (Å²) in [5, 5.41) is 3.77. The fraction of sp³-hybridized carbons (Fsp3) is 0.579. The van der Waals surface area contributed by atoms with Crippen LogP contribution in [0.2, 0.25) is 5.02 Å². The summed E-state index contributed by atoms with van der Waals surface area (Å²) in [6.45, 7) is 4.94. The highest BCUT2D eigenvalue weighted by Gasteiger charge is 2.31. The monoisotopic (exact) mass is 363 g/mol. The van der Waals surface area contributed by atoms with Gasteiger partial charge in [-0.05, 0) is 50.3 Å². The molecule has 0 aromatic heterocycles. The predicted octanol–water partition coefficient (Wildman–Crippen LogP) is 3.45. The van der Waals surface area contributed by atoms with Gasteiger partial charge < -0.3 is 15.1 Å². The van der Waals surface area contributed by atoms with Crippen molar-refractivity contribution in [3.63, 3.8) is 0 Å². The third-order valence-electron chi connectivity index (χ3n) is 5.17. The van der Waals surface area contributed by atoms with Gasteiger partial charge >= 0.3 is 6.03 Å². The van der Waals surface area contributed by atoms with E-state index in [1.54, 1.807) is 0 Å². The van der Waals surface area contributed by atoms with Crippen molar-refractivity contribution in [2.24, 2.45) is 5.92 Å². The Morgan fingerprint density at radius 2 is 1.72 bits per heavy atom. The summed E-state index contributed by atoms with van der Waals surface area (Å²) in [5.74, 6) is -0.101. The molecule has 5 nitrogen and oxygen atoms in total. The van der Waals surface area contributed by atoms with E-state index in [-0.39, 0.29) is 23.9 Å². The second-order valence-electron chi connectivity index (χ2n) is 7.04. The number of hydrogen-bond donors (Lipinski definition) is 1. The lowest BCUT2D eigenvalue weighted by Crippen LogP contribution is -2.49. The molecule has 2 saturated heterocycles. The first kappa shape index (κ1) is 18.1. The van der Waals surface area contributed by atoms with E-state index in [0.717, 1.165) is 50.9 Å². The highest BCUT2D eigenvalue weighted by molar-refractivity contribution is 6.30. The van der Waals surface area contributed by atoms with E-state index >= 15 is 0 Å². The fourth-order valence-electron chi connectivity index (χ4n) is 3.64. The Kier molecular flexibility index (Phi) is 5.84. The summed E-state index contributed by atoms with van der Waals surface area (Å²) < 4.78 is 0. The van der Waals surface area contributed by atoms with Crippen LogP contribution in [-0.4, -0.2) is 47.9 Å². The van der Waals surface area contributed by atoms with Crippen LogP contribution in [0.1, 0.15) is 44.2 Å². The molecule has 0 spiro atoms. The van der Waals surface area contributed by atoms with Crippen LogP contribution in [0.15, 0.2) is 24.3 Å². The third-order valence-corrected chi connectivity index (χ3v) is 5.42. The zero-order valence-corrected chi connectivity index (χ0v) is 15.5. The average molecular weight is 364 g/mol. The van der Waals surface area contributed by atoms with E-state index in [9.17, 15) is 9.59 Å². The largest absolute Gasteiger partial charge is 0.349 e. The molecule has 2 fully saturated rings. The van der Waals surface area contributed by atoms with Crippen molar-refractivity contribution < 1.29 is 9.59 Å². The second-order valence-corrected chi connectivity index (χ2v) is 7.48. The first-order valence-electron chi connectivity index (χ1n) is 9.14. The molecule has 6 heteroatoms. The third kappa shape index (κ3) is 4.46. The highest BCUT2D eigenvalue weighted by atomic mass is 35.5. The Labute approximate surface area is 154 Å². The maximum Gasteiger partial charge on any atom is 0.320 e. The number of likely N-dealkylation sites (tertiary alicyclic amines) is 2. The molecular weight excluding hydrogens is 338 g/mol. The van der Waals surface area contributed by atoms with Gasteiger partial charge in [-0.2, -0.15) is 0 Å². The van der Waals surface area contributed by atoms with Gasteiger partial charge in [-0.15, -0.1) is 0 Å². The molecule has 2 aliphatic heterocycles. The molecule has 2 aliphatic rings. The van der Waals surface area contributed by atoms with Gasteiger partial charge in [-0.25, -0.2) is 4.79 Å². The highest BCUT2D eigenvalue weighted by Crippen LogP contribution is 2.22. The van der Waals surface area contributed by atoms with Crippen LogP contribution in [0.4, 0.5) is 4.79 Å². The summed E-state index contributed by atoms with van der Waals surface area (Å²) in [6.07, 6.45) is 3.89. The van der Waals surface area contributed by atoms with E-state index in [4.69, 9.17) is 11.6 Å². The van der Waals surface area contributed by atoms with Crippen molar-refractivity contribution in [2.75, 3.05) is 26.2 Å². The van der Waals surface area contributed by atoms with Crippen LogP contribution in [0, 0.1) is 5.92 Å². The van der Waals surface area contributed by atoms with Gasteiger partial charge in [0, 0.05) is 31.2 Å². The zero-order chi connectivity index (χ0) is 17.8. The molecule has 1 aromatic rings. The van der Waals surface area contributed by atoms with Crippen LogP contribution in [0.3, 0.4) is 0 Å². The smallest absolute Gasteiger partial charge is 0.320 e. The van der Waals surface area contributed by atoms with E-state index < -0.39 is 0 Å². The number of nitrogens with zero attached hydrogens (tertiary/aromatic N) is 2. The summed E-state index contributed by atoms with van der Waals surface area (Å²) in [5.41, 5.74) is 1.03. The standard InChI is InChI=1S/C19H26ClN3O2/c1-14(15-6-8-17(20)9-7-15)21-18(24)16-5-4-12-23(13-16)19(25)22-10-2-3-11-22/h6-9,14,16H,2-5,10-13H2,1H3,(H,21,24)/t14-,16-/m1/s1. The minimum atomic E-state index is -0.130. The molecule has 2 heterocycles. The van der Waals surface area contributed by atoms with Gasteiger partial charge in [0.2, 0.25) is 5.91 Å². The van der Waals surface area contributed by atoms with Crippen LogP contribution >= 0.6 is 11.6 Å². The number of halogens is 1. The first-order valence-corrected chi connectivity index (χ1v) is 9.52. The number of amides is 3. The quantitative estimate of drug-likeness (QED) is 0.894. The lowest BCUT2D eigenvalue weighted by atomic mass is 9.96. The van der Waals surface area contributed by atoms with Crippen LogP contribution in [-0.2, 0) is 4.79 Å². The summed E-state index contributed by atoms with van der Waals surface area (Å²) in [4.78, 5) is 29.0. The summed E-state index contributed by atoms with van der Waals surface area (Å²) in [6, 6.07) is 7.54. The molecule has 0 unspecified atom stereocenters. The lowest BCUT2D eigenvalue weighted by molar-refractivity contribution is -0.127. The molecule has 3 rings (SSSR count). The van der Waals surface area contributed by atoms with Gasteiger partial charge in [-0.1, -0.05) is 23.7 Å². The molecule has 25 heavy (non-hydrogen) atoms. The molecule has 136 valence electrons. The maximum atomic E-state index is 12.6. The van der Waals surface area contributed by atoms with Crippen molar-refractivity contribution in [1.82, 2.24) is 15.1 Å². The summed E-state index contributed by atoms with van der Waals surface area (Å²) >= 11 is 5.91. The minimum Gasteiger partial charge on any atom is -0.349 e. The first-order chi connectivity index (χ1) is 12.0. The topological polar surface area (TPSA) is 52.7 Å². The number of benzene rings is 1. The molecule has 0 radical (unpaired) electrons. The van der Waals surface area contributed by atoms with E-state index in [1.807, 2.05) is 41.0 Å². The molecule has 0 saturated carbocycles. The number of urea groups is 1. The molecule has 0 aliphatic carbocycles. The zero-order valence-electron chi connectivity index (χ0n) is 14.7. The number of carbonyl (C=O) groups is 2. The predicted molar refractivity (Wildman–Crippen MR) is 98.5 cm³/mol. The van der Waals surface area contributed by atoms with E-state index in [2.05, 4.69) is 5.32 Å². The fourth-order valence-corrected chi connectivity index (χ4v) is 3.77. The molecule has 0 bridgehead atoms. The van der Waals surface area contributed by atoms with Gasteiger partial charge in [0.25, 0.3) is 0 Å². The Bertz CT molecular complexity index is 614. The Hall–Kier alpha value is -1.75. The Balaban J connectivity index is 1.56. The Morgan fingerprint density at radius 1 is 1.08 bits per heavy atom. The van der Waals surface area contributed by atoms with E-state index in [1.165, 1.54) is 0 Å². The molecule has 1 N–H and O–H groups in total. The number of nitrogens with one attached hydrogen (secondary N) is 1. The second kappa shape index (κ2) is 8.09. The van der Waals surface area contributed by atoms with Gasteiger partial charge in [-0.3, -0.25) is 4.79 Å². The van der Waals surface area contributed by atoms with Crippen LogP contribution < -0.4 is 5.32 Å². The normalized spacial score (nSPS) is 21.9. The lowest BCUT2D eigenvalue weighted by Gasteiger charge is -2.35. The van der Waals surface area contributed by atoms with Crippen LogP contribution in [0.25, 0.3) is 0 Å². The van der Waals surface area contributed by atoms with Gasteiger partial charge in [0.1, 0.15) is 0 Å². The number of rotatable bonds is 3. The number of hydrogen-bond acceptors (Lipinski definition) is 2. The van der Waals surface area contributed by atoms with E-state index in [0.29, 0.717) is 11.6 Å². The van der Waals surface area contributed by atoms with Crippen molar-refractivity contribution >= 4 is 23.5 Å². The number of carbonyl (C=O) groups excluding carboxylic acids is 2. The van der Waals surface area contributed by atoms with Crippen molar-refractivity contribution in [2.45, 2.75) is 38.6 Å². The van der Waals surface area contributed by atoms with Gasteiger partial charge in [0.05, 0.1) is 12.0 Å².